The highest BCUT2D eigenvalue weighted by atomic mass is 16.5. The highest BCUT2D eigenvalue weighted by molar-refractivity contribution is 6.04. The SMILES string of the molecule is O=C1NCCOCCCN(C(=O)c2n[nH]c3ccccc23)[C@H]2CCCC[C@@H]12. The molecule has 2 heterocycles. The topological polar surface area (TPSA) is 87.3 Å². The van der Waals surface area contributed by atoms with E-state index >= 15 is 0 Å². The number of fused-ring (bicyclic) bond motifs is 2. The van der Waals surface area contributed by atoms with Crippen molar-refractivity contribution in [3.8, 4) is 0 Å². The van der Waals surface area contributed by atoms with Gasteiger partial charge >= 0.3 is 0 Å². The zero-order valence-corrected chi connectivity index (χ0v) is 15.4. The predicted molar refractivity (Wildman–Crippen MR) is 101 cm³/mol. The molecule has 4 rings (SSSR count). The van der Waals surface area contributed by atoms with Gasteiger partial charge in [-0.3, -0.25) is 14.7 Å². The number of aromatic nitrogens is 2. The van der Waals surface area contributed by atoms with Crippen LogP contribution in [0.25, 0.3) is 10.9 Å². The Morgan fingerprint density at radius 2 is 2.00 bits per heavy atom. The number of para-hydroxylation sites is 1. The van der Waals surface area contributed by atoms with Gasteiger partial charge in [0, 0.05) is 31.1 Å². The molecule has 2 aromatic rings. The maximum atomic E-state index is 13.5. The molecule has 2 fully saturated rings. The van der Waals surface area contributed by atoms with Gasteiger partial charge in [-0.1, -0.05) is 31.0 Å². The minimum absolute atomic E-state index is 0.0369. The third-order valence-corrected chi connectivity index (χ3v) is 5.63. The minimum Gasteiger partial charge on any atom is -0.380 e. The van der Waals surface area contributed by atoms with Crippen LogP contribution >= 0.6 is 0 Å². The Kier molecular flexibility index (Phi) is 5.38. The molecule has 2 N–H and O–H groups in total. The number of carbonyl (C=O) groups is 2. The van der Waals surface area contributed by atoms with E-state index in [1.807, 2.05) is 29.2 Å². The summed E-state index contributed by atoms with van der Waals surface area (Å²) in [4.78, 5) is 28.1. The lowest BCUT2D eigenvalue weighted by Gasteiger charge is -2.39. The summed E-state index contributed by atoms with van der Waals surface area (Å²) in [6.45, 7) is 2.20. The van der Waals surface area contributed by atoms with Crippen molar-refractivity contribution in [2.24, 2.45) is 5.92 Å². The Morgan fingerprint density at radius 3 is 2.93 bits per heavy atom. The number of rotatable bonds is 1. The van der Waals surface area contributed by atoms with E-state index in [0.717, 1.165) is 43.0 Å². The van der Waals surface area contributed by atoms with Crippen LogP contribution in [0.3, 0.4) is 0 Å². The Labute approximate surface area is 158 Å². The van der Waals surface area contributed by atoms with Gasteiger partial charge in [-0.2, -0.15) is 5.10 Å². The van der Waals surface area contributed by atoms with Crippen molar-refractivity contribution in [2.45, 2.75) is 38.1 Å². The highest BCUT2D eigenvalue weighted by Gasteiger charge is 2.38. The van der Waals surface area contributed by atoms with Gasteiger partial charge in [0.05, 0.1) is 18.0 Å². The van der Waals surface area contributed by atoms with Gasteiger partial charge in [-0.05, 0) is 25.3 Å². The third-order valence-electron chi connectivity index (χ3n) is 5.63. The summed E-state index contributed by atoms with van der Waals surface area (Å²) >= 11 is 0. The van der Waals surface area contributed by atoms with E-state index in [0.29, 0.717) is 32.0 Å². The van der Waals surface area contributed by atoms with Crippen LogP contribution < -0.4 is 5.32 Å². The van der Waals surface area contributed by atoms with Crippen molar-refractivity contribution < 1.29 is 14.3 Å². The monoisotopic (exact) mass is 370 g/mol. The number of H-pyrrole nitrogens is 1. The Bertz CT molecular complexity index is 818. The lowest BCUT2D eigenvalue weighted by molar-refractivity contribution is -0.128. The molecule has 2 atom stereocenters. The molecule has 1 aromatic heterocycles. The third kappa shape index (κ3) is 3.69. The summed E-state index contributed by atoms with van der Waals surface area (Å²) in [5, 5.41) is 11.0. The van der Waals surface area contributed by atoms with Crippen molar-refractivity contribution in [3.05, 3.63) is 30.0 Å². The van der Waals surface area contributed by atoms with Crippen LogP contribution in [0.5, 0.6) is 0 Å². The quantitative estimate of drug-likeness (QED) is 0.805. The van der Waals surface area contributed by atoms with Crippen molar-refractivity contribution in [1.82, 2.24) is 20.4 Å². The summed E-state index contributed by atoms with van der Waals surface area (Å²) < 4.78 is 5.58. The van der Waals surface area contributed by atoms with E-state index in [4.69, 9.17) is 4.74 Å². The van der Waals surface area contributed by atoms with Crippen LogP contribution in [-0.2, 0) is 9.53 Å². The van der Waals surface area contributed by atoms with Crippen LogP contribution in [0.15, 0.2) is 24.3 Å². The van der Waals surface area contributed by atoms with Crippen LogP contribution in [0, 0.1) is 5.92 Å². The number of amides is 2. The number of ether oxygens (including phenoxy) is 1. The molecule has 1 aromatic carbocycles. The summed E-state index contributed by atoms with van der Waals surface area (Å²) in [5.41, 5.74) is 1.28. The molecule has 7 nitrogen and oxygen atoms in total. The molecular weight excluding hydrogens is 344 g/mol. The standard InChI is InChI=1S/C20H26N4O3/c25-19-15-7-2-4-9-17(15)24(11-5-12-27-13-10-21-19)20(26)18-14-6-1-3-8-16(14)22-23-18/h1,3,6,8,15,17H,2,4-5,7,9-13H2,(H,21,25)(H,22,23)/t15-,17+/m1/s1. The van der Waals surface area contributed by atoms with E-state index in [1.54, 1.807) is 0 Å². The van der Waals surface area contributed by atoms with Gasteiger partial charge in [0.2, 0.25) is 5.91 Å². The summed E-state index contributed by atoms with van der Waals surface area (Å²) in [6, 6.07) is 7.57. The van der Waals surface area contributed by atoms with Gasteiger partial charge in [0.15, 0.2) is 5.69 Å². The van der Waals surface area contributed by atoms with E-state index in [1.165, 1.54) is 0 Å². The first-order valence-electron chi connectivity index (χ1n) is 9.85. The first-order valence-corrected chi connectivity index (χ1v) is 9.85. The molecule has 2 amide bonds. The number of nitrogens with one attached hydrogen (secondary N) is 2. The summed E-state index contributed by atoms with van der Waals surface area (Å²) in [6.07, 6.45) is 4.50. The molecule has 0 unspecified atom stereocenters. The van der Waals surface area contributed by atoms with Crippen LogP contribution in [0.2, 0.25) is 0 Å². The zero-order valence-electron chi connectivity index (χ0n) is 15.4. The second-order valence-electron chi connectivity index (χ2n) is 7.33. The smallest absolute Gasteiger partial charge is 0.275 e. The summed E-state index contributed by atoms with van der Waals surface area (Å²) in [7, 11) is 0. The predicted octanol–water partition coefficient (Wildman–Crippen LogP) is 2.10. The molecule has 2 aliphatic rings. The molecule has 0 radical (unpaired) electrons. The number of nitrogens with zero attached hydrogens (tertiary/aromatic N) is 2. The average molecular weight is 370 g/mol. The second kappa shape index (κ2) is 8.08. The van der Waals surface area contributed by atoms with Crippen LogP contribution in [-0.4, -0.2) is 59.3 Å². The van der Waals surface area contributed by atoms with Crippen LogP contribution in [0.4, 0.5) is 0 Å². The van der Waals surface area contributed by atoms with E-state index in [9.17, 15) is 9.59 Å². The molecular formula is C20H26N4O3. The molecule has 27 heavy (non-hydrogen) atoms. The van der Waals surface area contributed by atoms with E-state index in [2.05, 4.69) is 15.5 Å². The number of benzene rings is 1. The number of aromatic amines is 1. The van der Waals surface area contributed by atoms with E-state index in [-0.39, 0.29) is 23.8 Å². The first-order chi connectivity index (χ1) is 13.3. The van der Waals surface area contributed by atoms with Gasteiger partial charge in [0.1, 0.15) is 0 Å². The minimum atomic E-state index is -0.161. The molecule has 1 saturated heterocycles. The summed E-state index contributed by atoms with van der Waals surface area (Å²) in [5.74, 6) is -0.225. The average Bonchev–Trinajstić information content (AvgIpc) is 3.12. The maximum absolute atomic E-state index is 13.5. The first kappa shape index (κ1) is 18.0. The maximum Gasteiger partial charge on any atom is 0.275 e. The normalized spacial score (nSPS) is 24.7. The lowest BCUT2D eigenvalue weighted by atomic mass is 9.82. The molecule has 0 spiro atoms. The molecule has 7 heteroatoms. The fourth-order valence-corrected chi connectivity index (χ4v) is 4.29. The number of hydrogen-bond donors (Lipinski definition) is 2. The van der Waals surface area contributed by atoms with Crippen molar-refractivity contribution in [2.75, 3.05) is 26.3 Å². The fraction of sp³-hybridized carbons (Fsp3) is 0.550. The fourth-order valence-electron chi connectivity index (χ4n) is 4.29. The van der Waals surface area contributed by atoms with Gasteiger partial charge in [-0.15, -0.1) is 0 Å². The van der Waals surface area contributed by atoms with Crippen molar-refractivity contribution in [1.29, 1.82) is 0 Å². The Hall–Kier alpha value is -2.41. The van der Waals surface area contributed by atoms with Gasteiger partial charge in [0.25, 0.3) is 5.91 Å². The van der Waals surface area contributed by atoms with Crippen molar-refractivity contribution >= 4 is 22.7 Å². The van der Waals surface area contributed by atoms with Gasteiger partial charge in [-0.25, -0.2) is 0 Å². The molecule has 144 valence electrons. The molecule has 1 aliphatic heterocycles. The second-order valence-corrected chi connectivity index (χ2v) is 7.33. The largest absolute Gasteiger partial charge is 0.380 e. The molecule has 1 saturated carbocycles. The van der Waals surface area contributed by atoms with Crippen LogP contribution in [0.1, 0.15) is 42.6 Å². The van der Waals surface area contributed by atoms with E-state index < -0.39 is 0 Å². The zero-order chi connectivity index (χ0) is 18.6. The van der Waals surface area contributed by atoms with Crippen molar-refractivity contribution in [3.63, 3.8) is 0 Å². The van der Waals surface area contributed by atoms with Gasteiger partial charge < -0.3 is 15.0 Å². The number of hydrogen-bond acceptors (Lipinski definition) is 4. The lowest BCUT2D eigenvalue weighted by Crippen LogP contribution is -2.51. The Morgan fingerprint density at radius 1 is 1.15 bits per heavy atom. The molecule has 1 aliphatic carbocycles. The molecule has 0 bridgehead atoms. The number of carbonyl (C=O) groups excluding carboxylic acids is 2. The Balaban J connectivity index is 1.67. The highest BCUT2D eigenvalue weighted by Crippen LogP contribution is 2.31.